The van der Waals surface area contributed by atoms with E-state index in [9.17, 15) is 48.3 Å². The second kappa shape index (κ2) is 41.9. The zero-order chi connectivity index (χ0) is 85.0. The Bertz CT molecular complexity index is 3310. The van der Waals surface area contributed by atoms with Gasteiger partial charge in [0.05, 0.1) is 72.0 Å². The van der Waals surface area contributed by atoms with E-state index >= 15 is 0 Å². The van der Waals surface area contributed by atoms with Crippen molar-refractivity contribution in [1.29, 1.82) is 0 Å². The van der Waals surface area contributed by atoms with Gasteiger partial charge in [-0.05, 0) is 188 Å². The molecule has 3 N–H and O–H groups in total. The largest absolute Gasteiger partial charge is 1.00 e. The number of rotatable bonds is 14. The fourth-order valence-electron chi connectivity index (χ4n) is 17.2. The van der Waals surface area contributed by atoms with Crippen molar-refractivity contribution in [3.8, 4) is 0 Å². The molecule has 113 heavy (non-hydrogen) atoms. The number of fused-ring (bicyclic) bond motifs is 2. The van der Waals surface area contributed by atoms with Gasteiger partial charge in [-0.3, -0.25) is 19.2 Å². The van der Waals surface area contributed by atoms with E-state index in [0.29, 0.717) is 24.8 Å². The summed E-state index contributed by atoms with van der Waals surface area (Å²) in [5.41, 5.74) is -6.32. The summed E-state index contributed by atoms with van der Waals surface area (Å²) in [4.78, 5) is 131. The van der Waals surface area contributed by atoms with Gasteiger partial charge in [-0.2, -0.15) is 7.11 Å². The first-order valence-corrected chi connectivity index (χ1v) is 39.7. The molecule has 1 aromatic carbocycles. The number of esters is 3. The van der Waals surface area contributed by atoms with Crippen LogP contribution in [0, 0.1) is 47.3 Å². The zero-order valence-electron chi connectivity index (χ0n) is 73.3. The third-order valence-corrected chi connectivity index (χ3v) is 23.4. The SMILES string of the molecule is CC[C@H]1OC(=O)C(C)C(=O)[C@H](C)[C@@H](O[C@@H]2OC(CO)CC(N(C)C)C2C)[C@](C)(OC)C[C@@H](C)CN(C(=O)OC(C)(C)C)[C@H](C)[C@H]2NC(=O)O[C@@]21C.CC[C@H]1OC(=O)C(C)C(=O)[C@H](C)[C@@H](O[C@@H]2OC(COC(=O)c3ccccc3)CC(N(C)C)C2C)[C@](C)(OC)C[C@@H](C)CN(C(=O)OC(C)(C)C)[C@H](C)[C@H]2NC(=O)O[C@@]21C.C[O-].[Na+]. The minimum absolute atomic E-state index is 0. The van der Waals surface area contributed by atoms with Crippen LogP contribution in [0.2, 0.25) is 0 Å². The van der Waals surface area contributed by atoms with E-state index in [1.54, 1.807) is 145 Å². The predicted octanol–water partition coefficient (Wildman–Crippen LogP) is 6.14. The summed E-state index contributed by atoms with van der Waals surface area (Å²) in [6.07, 6.45) is -6.84. The molecule has 0 radical (unpaired) electrons. The quantitative estimate of drug-likeness (QED) is 0.0815. The number of cyclic esters (lactones) is 2. The number of carbonyl (C=O) groups excluding carboxylic acids is 9. The van der Waals surface area contributed by atoms with Crippen LogP contribution in [-0.4, -0.2) is 273 Å². The van der Waals surface area contributed by atoms with Crippen molar-refractivity contribution < 1.29 is 145 Å². The van der Waals surface area contributed by atoms with E-state index in [4.69, 9.17) is 66.7 Å². The van der Waals surface area contributed by atoms with Gasteiger partial charge in [0.25, 0.3) is 0 Å². The molecule has 4 amide bonds. The van der Waals surface area contributed by atoms with Crippen molar-refractivity contribution in [2.24, 2.45) is 47.3 Å². The molecule has 0 spiro atoms. The van der Waals surface area contributed by atoms with Crippen LogP contribution >= 0.6 is 0 Å². The molecule has 0 saturated carbocycles. The molecule has 7 rings (SSSR count). The van der Waals surface area contributed by atoms with E-state index in [0.717, 1.165) is 7.11 Å². The van der Waals surface area contributed by atoms with Gasteiger partial charge in [0.1, 0.15) is 41.9 Å². The molecule has 8 unspecified atom stereocenters. The van der Waals surface area contributed by atoms with Crippen molar-refractivity contribution in [3.05, 3.63) is 35.9 Å². The fourth-order valence-corrected chi connectivity index (χ4v) is 17.2. The van der Waals surface area contributed by atoms with Gasteiger partial charge >= 0.3 is 71.8 Å². The van der Waals surface area contributed by atoms with Gasteiger partial charge in [0.15, 0.2) is 35.3 Å². The molecule has 0 bridgehead atoms. The van der Waals surface area contributed by atoms with Crippen LogP contribution in [-0.2, 0) is 80.8 Å². The van der Waals surface area contributed by atoms with Crippen LogP contribution in [0.4, 0.5) is 19.2 Å². The maximum absolute atomic E-state index is 14.5. The molecule has 1 aromatic rings. The van der Waals surface area contributed by atoms with Gasteiger partial charge in [-0.25, -0.2) is 24.0 Å². The fraction of sp³-hybridized carbons (Fsp3) is 0.817. The van der Waals surface area contributed by atoms with Gasteiger partial charge < -0.3 is 102 Å². The molecule has 30 nitrogen and oxygen atoms in total. The monoisotopic (exact) mass is 1610 g/mol. The normalized spacial score (nSPS) is 37.3. The number of aliphatic hydroxyl groups is 1. The maximum Gasteiger partial charge on any atom is 1.00 e. The van der Waals surface area contributed by atoms with Gasteiger partial charge in [0.2, 0.25) is 0 Å². The van der Waals surface area contributed by atoms with Gasteiger partial charge in [-0.1, -0.05) is 73.6 Å². The third-order valence-electron chi connectivity index (χ3n) is 23.4. The van der Waals surface area contributed by atoms with Crippen LogP contribution in [0.15, 0.2) is 30.3 Å². The molecule has 31 heteroatoms. The molecule has 6 aliphatic heterocycles. The van der Waals surface area contributed by atoms with E-state index in [2.05, 4.69) is 20.4 Å². The first-order valence-electron chi connectivity index (χ1n) is 39.7. The summed E-state index contributed by atoms with van der Waals surface area (Å²) in [5, 5.41) is 24.1. The molecular weight excluding hydrogens is 1480 g/mol. The molecule has 6 saturated heterocycles. The van der Waals surface area contributed by atoms with Crippen LogP contribution in [0.25, 0.3) is 0 Å². The third kappa shape index (κ3) is 24.7. The zero-order valence-corrected chi connectivity index (χ0v) is 75.3. The number of ether oxygens (including phenoxy) is 13. The number of aliphatic hydroxyl groups excluding tert-OH is 1. The smallest absolute Gasteiger partial charge is 0.857 e. The van der Waals surface area contributed by atoms with Gasteiger partial charge in [0, 0.05) is 63.1 Å². The second-order valence-electron chi connectivity index (χ2n) is 35.0. The summed E-state index contributed by atoms with van der Waals surface area (Å²) < 4.78 is 80.6. The minimum atomic E-state index is -1.41. The summed E-state index contributed by atoms with van der Waals surface area (Å²) in [6, 6.07) is 5.71. The average molecular weight is 1610 g/mol. The molecule has 0 aliphatic carbocycles. The Kier molecular flexibility index (Phi) is 37.0. The van der Waals surface area contributed by atoms with Crippen molar-refractivity contribution in [3.63, 3.8) is 0 Å². The van der Waals surface area contributed by atoms with E-state index in [1.165, 1.54) is 13.8 Å². The molecule has 6 fully saturated rings. The Labute approximate surface area is 693 Å². The molecule has 640 valence electrons. The van der Waals surface area contributed by atoms with Crippen molar-refractivity contribution in [1.82, 2.24) is 30.2 Å². The van der Waals surface area contributed by atoms with E-state index < -0.39 is 184 Å². The van der Waals surface area contributed by atoms with Crippen LogP contribution in [0.1, 0.15) is 201 Å². The number of Topliss-reactive ketones (excluding diaryl/α,β-unsaturated/α-hetero) is 2. The number of alkyl carbamates (subject to hydrolysis) is 2. The Balaban J connectivity index is 0.000000467. The number of ketones is 2. The molecule has 0 aromatic heterocycles. The summed E-state index contributed by atoms with van der Waals surface area (Å²) in [7, 11) is 11.7. The van der Waals surface area contributed by atoms with Crippen LogP contribution < -0.4 is 45.3 Å². The summed E-state index contributed by atoms with van der Waals surface area (Å²) >= 11 is 0. The van der Waals surface area contributed by atoms with Crippen LogP contribution in [0.5, 0.6) is 0 Å². The summed E-state index contributed by atoms with van der Waals surface area (Å²) in [5.74, 6) is -8.03. The number of nitrogens with zero attached hydrogens (tertiary/aromatic N) is 4. The number of methoxy groups -OCH3 is 2. The number of amides is 4. The maximum atomic E-state index is 14.5. The van der Waals surface area contributed by atoms with Crippen molar-refractivity contribution >= 4 is 53.8 Å². The minimum Gasteiger partial charge on any atom is -0.857 e. The number of nitrogens with one attached hydrogen (secondary N) is 2. The van der Waals surface area contributed by atoms with Crippen molar-refractivity contribution in [2.75, 3.05) is 75.8 Å². The topological polar surface area (TPSA) is 354 Å². The molecule has 6 heterocycles. The Morgan fingerprint density at radius 3 is 1.27 bits per heavy atom. The van der Waals surface area contributed by atoms with Gasteiger partial charge in [-0.15, -0.1) is 0 Å². The number of hydrogen-bond donors (Lipinski definition) is 3. The first-order chi connectivity index (χ1) is 52.0. The first kappa shape index (κ1) is 100. The summed E-state index contributed by atoms with van der Waals surface area (Å²) in [6.45, 7) is 39.4. The average Bonchev–Trinajstić information content (AvgIpc) is 1.64. The standard InChI is InChI=1S/C44H69N3O12.C37H65N3O11.CH3O.Na/c1-15-33-44(11)35(45-40(51)58-44)29(6)47(41(52)59-42(7,8)9)23-25(2)22-43(10,53-14)36(27(4)34(48)28(5)37(49)56-33)57-39-26(3)32(46(12)13)21-31(55-39)24-54-38(50)30-19-17-16-18-20-30;1-15-27-37(11)29(38-33(44)50-37)24(6)40(34(45)51-35(7,8)9)18-20(2)17-36(10,46-14)30(22(4)28(42)23(5)31(43)48-27)49-32-21(3)26(39(12)13)16-25(19-41)47-32;1-2;/h16-20,25-29,31-33,35-36,39H,15,21-24H2,1-14H3,(H,45,51);20-27,29-30,32,41H,15-19H2,1-14H3,(H,38,44);1H3;/q;;-1;+1/t25-,26?,27+,28?,29-,31?,32?,33-,35-,36-,39+,43-,44-;20-,21?,22+,23?,24-,25?,26?,27-,29-,30-,32+,36-,37-;;/m11../s1. The Morgan fingerprint density at radius 2 is 0.938 bits per heavy atom. The number of hydrogen-bond acceptors (Lipinski definition) is 26. The Morgan fingerprint density at radius 1 is 0.584 bits per heavy atom. The second-order valence-corrected chi connectivity index (χ2v) is 35.0. The molecular formula is C82H137N6NaO24. The van der Waals surface area contributed by atoms with E-state index in [-0.39, 0.29) is 111 Å². The predicted molar refractivity (Wildman–Crippen MR) is 413 cm³/mol. The molecule has 26 atom stereocenters. The molecule has 6 aliphatic rings. The van der Waals surface area contributed by atoms with Crippen LogP contribution in [0.3, 0.4) is 0 Å². The van der Waals surface area contributed by atoms with Crippen molar-refractivity contribution in [2.45, 2.75) is 310 Å². The number of benzene rings is 1. The Hall–Kier alpha value is -5.35. The number of carbonyl (C=O) groups is 9. The van der Waals surface area contributed by atoms with E-state index in [1.807, 2.05) is 75.8 Å².